The van der Waals surface area contributed by atoms with Gasteiger partial charge in [0.05, 0.1) is 0 Å². The summed E-state index contributed by atoms with van der Waals surface area (Å²) in [6.45, 7) is 1.93. The van der Waals surface area contributed by atoms with Gasteiger partial charge >= 0.3 is 6.03 Å². The largest absolute Gasteiger partial charge is 0.349 e. The molecule has 0 atom stereocenters. The Morgan fingerprint density at radius 3 is 2.35 bits per heavy atom. The zero-order chi connectivity index (χ0) is 16.2. The van der Waals surface area contributed by atoms with Crippen molar-refractivity contribution in [3.8, 4) is 0 Å². The van der Waals surface area contributed by atoms with Crippen LogP contribution in [-0.4, -0.2) is 24.0 Å². The summed E-state index contributed by atoms with van der Waals surface area (Å²) in [5.74, 6) is -0.0664. The maximum absolute atomic E-state index is 12.2. The first kappa shape index (κ1) is 15.8. The molecule has 0 spiro atoms. The van der Waals surface area contributed by atoms with Crippen LogP contribution >= 0.6 is 0 Å². The van der Waals surface area contributed by atoms with Gasteiger partial charge in [0.1, 0.15) is 0 Å². The highest BCUT2D eigenvalue weighted by atomic mass is 16.2. The van der Waals surface area contributed by atoms with E-state index >= 15 is 0 Å². The van der Waals surface area contributed by atoms with Crippen LogP contribution < -0.4 is 16.0 Å². The minimum Gasteiger partial charge on any atom is -0.349 e. The van der Waals surface area contributed by atoms with Crippen molar-refractivity contribution in [2.45, 2.75) is 64.0 Å². The predicted octanol–water partition coefficient (Wildman–Crippen LogP) is 3.34. The number of hydrogen-bond acceptors (Lipinski definition) is 2. The van der Waals surface area contributed by atoms with Crippen molar-refractivity contribution < 1.29 is 9.59 Å². The van der Waals surface area contributed by atoms with Crippen LogP contribution in [0.25, 0.3) is 0 Å². The second-order valence-corrected chi connectivity index (χ2v) is 6.71. The topological polar surface area (TPSA) is 70.2 Å². The van der Waals surface area contributed by atoms with Gasteiger partial charge in [-0.2, -0.15) is 0 Å². The van der Waals surface area contributed by atoms with E-state index in [1.165, 1.54) is 19.3 Å². The number of nitrogens with one attached hydrogen (secondary N) is 3. The zero-order valence-corrected chi connectivity index (χ0v) is 13.7. The number of anilines is 1. The molecular weight excluding hydrogens is 290 g/mol. The van der Waals surface area contributed by atoms with Gasteiger partial charge in [-0.05, 0) is 50.3 Å². The van der Waals surface area contributed by atoms with E-state index in [9.17, 15) is 9.59 Å². The average molecular weight is 315 g/mol. The summed E-state index contributed by atoms with van der Waals surface area (Å²) < 4.78 is 0. The molecule has 2 aliphatic carbocycles. The first-order chi connectivity index (χ1) is 11.1. The maximum Gasteiger partial charge on any atom is 0.319 e. The molecule has 124 valence electrons. The highest BCUT2D eigenvalue weighted by molar-refractivity contribution is 5.97. The summed E-state index contributed by atoms with van der Waals surface area (Å²) in [5.41, 5.74) is 2.24. The maximum atomic E-state index is 12.2. The van der Waals surface area contributed by atoms with E-state index in [4.69, 9.17) is 0 Å². The van der Waals surface area contributed by atoms with Crippen LogP contribution in [0.4, 0.5) is 10.5 Å². The molecule has 0 aromatic heterocycles. The molecule has 2 saturated carbocycles. The second kappa shape index (κ2) is 7.02. The van der Waals surface area contributed by atoms with Crippen LogP contribution in [0.2, 0.25) is 0 Å². The van der Waals surface area contributed by atoms with Gasteiger partial charge in [0.25, 0.3) is 5.91 Å². The van der Waals surface area contributed by atoms with Crippen LogP contribution in [0.5, 0.6) is 0 Å². The van der Waals surface area contributed by atoms with Crippen molar-refractivity contribution in [3.05, 3.63) is 29.3 Å². The quantitative estimate of drug-likeness (QED) is 0.797. The standard InChI is InChI=1S/C18H25N3O2/c1-12-7-8-13(17(22)19-15-9-10-15)11-16(12)21-18(23)20-14-5-3-2-4-6-14/h7-8,11,14-15H,2-6,9-10H2,1H3,(H,19,22)(H2,20,21,23). The normalized spacial score (nSPS) is 18.3. The van der Waals surface area contributed by atoms with E-state index < -0.39 is 0 Å². The Balaban J connectivity index is 1.61. The second-order valence-electron chi connectivity index (χ2n) is 6.71. The van der Waals surface area contributed by atoms with Crippen molar-refractivity contribution >= 4 is 17.6 Å². The molecule has 1 aromatic rings. The number of amides is 3. The number of aryl methyl sites for hydroxylation is 1. The van der Waals surface area contributed by atoms with E-state index in [-0.39, 0.29) is 18.0 Å². The molecule has 3 N–H and O–H groups in total. The Morgan fingerprint density at radius 2 is 1.65 bits per heavy atom. The molecular formula is C18H25N3O2. The van der Waals surface area contributed by atoms with E-state index in [1.54, 1.807) is 12.1 Å². The lowest BCUT2D eigenvalue weighted by Gasteiger charge is -2.23. The molecule has 5 heteroatoms. The monoisotopic (exact) mass is 315 g/mol. The summed E-state index contributed by atoms with van der Waals surface area (Å²) >= 11 is 0. The van der Waals surface area contributed by atoms with E-state index in [0.29, 0.717) is 17.3 Å². The van der Waals surface area contributed by atoms with Gasteiger partial charge in [-0.25, -0.2) is 4.79 Å². The molecule has 0 bridgehead atoms. The van der Waals surface area contributed by atoms with Crippen molar-refractivity contribution in [3.63, 3.8) is 0 Å². The summed E-state index contributed by atoms with van der Waals surface area (Å²) in [4.78, 5) is 24.3. The Bertz CT molecular complexity index is 590. The van der Waals surface area contributed by atoms with Crippen LogP contribution in [0.15, 0.2) is 18.2 Å². The Kier molecular flexibility index (Phi) is 4.84. The minimum absolute atomic E-state index is 0.0664. The average Bonchev–Trinajstić information content (AvgIpc) is 3.34. The predicted molar refractivity (Wildman–Crippen MR) is 90.7 cm³/mol. The molecule has 0 heterocycles. The van der Waals surface area contributed by atoms with Crippen LogP contribution in [-0.2, 0) is 0 Å². The fraction of sp³-hybridized carbons (Fsp3) is 0.556. The van der Waals surface area contributed by atoms with Crippen LogP contribution in [0.1, 0.15) is 60.9 Å². The van der Waals surface area contributed by atoms with E-state index in [0.717, 1.165) is 31.2 Å². The number of benzene rings is 1. The molecule has 0 unspecified atom stereocenters. The SMILES string of the molecule is Cc1ccc(C(=O)NC2CC2)cc1NC(=O)NC1CCCCC1. The van der Waals surface area contributed by atoms with Crippen LogP contribution in [0, 0.1) is 6.92 Å². The lowest BCUT2D eigenvalue weighted by molar-refractivity contribution is 0.0951. The third-order valence-corrected chi connectivity index (χ3v) is 4.60. The smallest absolute Gasteiger partial charge is 0.319 e. The summed E-state index contributed by atoms with van der Waals surface area (Å²) in [5, 5.41) is 8.90. The first-order valence-corrected chi connectivity index (χ1v) is 8.61. The lowest BCUT2D eigenvalue weighted by atomic mass is 9.96. The molecule has 23 heavy (non-hydrogen) atoms. The minimum atomic E-state index is -0.181. The number of carbonyl (C=O) groups is 2. The number of urea groups is 1. The molecule has 5 nitrogen and oxygen atoms in total. The highest BCUT2D eigenvalue weighted by Crippen LogP contribution is 2.22. The Labute approximate surface area is 137 Å². The molecule has 0 radical (unpaired) electrons. The lowest BCUT2D eigenvalue weighted by Crippen LogP contribution is -2.39. The molecule has 3 rings (SSSR count). The van der Waals surface area contributed by atoms with Crippen molar-refractivity contribution in [2.24, 2.45) is 0 Å². The summed E-state index contributed by atoms with van der Waals surface area (Å²) in [6, 6.07) is 5.85. The number of rotatable bonds is 4. The first-order valence-electron chi connectivity index (χ1n) is 8.61. The van der Waals surface area contributed by atoms with Gasteiger partial charge in [0.2, 0.25) is 0 Å². The number of carbonyl (C=O) groups excluding carboxylic acids is 2. The highest BCUT2D eigenvalue weighted by Gasteiger charge is 2.24. The van der Waals surface area contributed by atoms with Gasteiger partial charge in [-0.1, -0.05) is 25.3 Å². The third-order valence-electron chi connectivity index (χ3n) is 4.60. The fourth-order valence-corrected chi connectivity index (χ4v) is 2.99. The van der Waals surface area contributed by atoms with Gasteiger partial charge in [0.15, 0.2) is 0 Å². The van der Waals surface area contributed by atoms with Crippen molar-refractivity contribution in [2.75, 3.05) is 5.32 Å². The van der Waals surface area contributed by atoms with E-state index in [1.807, 2.05) is 13.0 Å². The molecule has 2 aliphatic rings. The van der Waals surface area contributed by atoms with Gasteiger partial charge in [-0.3, -0.25) is 4.79 Å². The van der Waals surface area contributed by atoms with Crippen molar-refractivity contribution in [1.82, 2.24) is 10.6 Å². The van der Waals surface area contributed by atoms with Gasteiger partial charge in [0, 0.05) is 23.3 Å². The van der Waals surface area contributed by atoms with Crippen molar-refractivity contribution in [1.29, 1.82) is 0 Å². The fourth-order valence-electron chi connectivity index (χ4n) is 2.99. The Morgan fingerprint density at radius 1 is 0.957 bits per heavy atom. The van der Waals surface area contributed by atoms with E-state index in [2.05, 4.69) is 16.0 Å². The van der Waals surface area contributed by atoms with Gasteiger partial charge < -0.3 is 16.0 Å². The Hall–Kier alpha value is -2.04. The third kappa shape index (κ3) is 4.47. The molecule has 1 aromatic carbocycles. The summed E-state index contributed by atoms with van der Waals surface area (Å²) in [7, 11) is 0. The van der Waals surface area contributed by atoms with Gasteiger partial charge in [-0.15, -0.1) is 0 Å². The van der Waals surface area contributed by atoms with Crippen LogP contribution in [0.3, 0.4) is 0 Å². The molecule has 0 saturated heterocycles. The number of hydrogen-bond donors (Lipinski definition) is 3. The zero-order valence-electron chi connectivity index (χ0n) is 13.7. The molecule has 3 amide bonds. The molecule has 0 aliphatic heterocycles. The summed E-state index contributed by atoms with van der Waals surface area (Å²) in [6.07, 6.45) is 7.85. The molecule has 2 fully saturated rings.